The SMILES string of the molecule is C1=CC2CCC1C2.O=CCl. The number of rotatable bonds is 0. The fraction of sp³-hybridized carbons (Fsp3) is 0.625. The normalized spacial score (nSPS) is 33.3. The Balaban J connectivity index is 0.000000148. The van der Waals surface area contributed by atoms with Crippen molar-refractivity contribution in [3.63, 3.8) is 0 Å². The molecule has 2 bridgehead atoms. The summed E-state index contributed by atoms with van der Waals surface area (Å²) >= 11 is 4.32. The van der Waals surface area contributed by atoms with Gasteiger partial charge in [0, 0.05) is 0 Å². The molecule has 2 rings (SSSR count). The van der Waals surface area contributed by atoms with Crippen molar-refractivity contribution in [3.05, 3.63) is 12.2 Å². The minimum atomic E-state index is 0.222. The van der Waals surface area contributed by atoms with Crippen molar-refractivity contribution >= 4 is 17.3 Å². The highest BCUT2D eigenvalue weighted by molar-refractivity contribution is 6.54. The van der Waals surface area contributed by atoms with Crippen molar-refractivity contribution in [2.24, 2.45) is 11.8 Å². The molecule has 0 aliphatic heterocycles. The highest BCUT2D eigenvalue weighted by Gasteiger charge is 2.25. The Morgan fingerprint density at radius 2 is 1.70 bits per heavy atom. The number of halogens is 1. The molecular weight excluding hydrogens is 148 g/mol. The molecule has 0 aromatic heterocycles. The predicted molar refractivity (Wildman–Crippen MR) is 42.6 cm³/mol. The molecule has 0 spiro atoms. The van der Waals surface area contributed by atoms with Gasteiger partial charge in [-0.2, -0.15) is 0 Å². The van der Waals surface area contributed by atoms with Crippen molar-refractivity contribution in [1.29, 1.82) is 0 Å². The lowest BCUT2D eigenvalue weighted by atomic mass is 10.1. The van der Waals surface area contributed by atoms with Crippen LogP contribution in [0, 0.1) is 11.8 Å². The summed E-state index contributed by atoms with van der Waals surface area (Å²) in [6.45, 7) is 0. The summed E-state index contributed by atoms with van der Waals surface area (Å²) in [4.78, 5) is 8.57. The molecule has 0 N–H and O–H groups in total. The van der Waals surface area contributed by atoms with E-state index in [4.69, 9.17) is 4.79 Å². The molecule has 2 aliphatic carbocycles. The Hall–Kier alpha value is -0.300. The van der Waals surface area contributed by atoms with Crippen LogP contribution in [0.3, 0.4) is 0 Å². The standard InChI is InChI=1S/C7H10.CHClO/c1-2-7-4-3-6(1)5-7;2-1-3/h1-2,6-7H,3-5H2;1H. The average Bonchev–Trinajstić information content (AvgIpc) is 2.49. The molecule has 1 fully saturated rings. The maximum Gasteiger partial charge on any atom is 0.208 e. The number of carbonyl (C=O) groups is 1. The van der Waals surface area contributed by atoms with Crippen LogP contribution in [0.15, 0.2) is 12.2 Å². The van der Waals surface area contributed by atoms with Gasteiger partial charge in [0.05, 0.1) is 0 Å². The maximum atomic E-state index is 8.57. The van der Waals surface area contributed by atoms with Crippen LogP contribution in [0.4, 0.5) is 0 Å². The van der Waals surface area contributed by atoms with Crippen molar-refractivity contribution in [2.45, 2.75) is 19.3 Å². The van der Waals surface area contributed by atoms with E-state index in [2.05, 4.69) is 23.8 Å². The monoisotopic (exact) mass is 158 g/mol. The molecule has 2 unspecified atom stereocenters. The molecule has 0 aromatic carbocycles. The first-order valence-electron chi connectivity index (χ1n) is 3.59. The van der Waals surface area contributed by atoms with Gasteiger partial charge in [-0.05, 0) is 42.7 Å². The Bertz CT molecular complexity index is 130. The van der Waals surface area contributed by atoms with Gasteiger partial charge in [-0.3, -0.25) is 4.79 Å². The van der Waals surface area contributed by atoms with Gasteiger partial charge < -0.3 is 0 Å². The topological polar surface area (TPSA) is 17.1 Å². The van der Waals surface area contributed by atoms with E-state index in [0.29, 0.717) is 0 Å². The van der Waals surface area contributed by atoms with Crippen LogP contribution in [0.25, 0.3) is 0 Å². The zero-order chi connectivity index (χ0) is 7.40. The average molecular weight is 159 g/mol. The highest BCUT2D eigenvalue weighted by atomic mass is 35.5. The third kappa shape index (κ3) is 1.84. The Kier molecular flexibility index (Phi) is 2.94. The first-order chi connectivity index (χ1) is 4.86. The van der Waals surface area contributed by atoms with Crippen LogP contribution >= 0.6 is 11.6 Å². The van der Waals surface area contributed by atoms with Gasteiger partial charge in [0.25, 0.3) is 0 Å². The molecule has 2 atom stereocenters. The quantitative estimate of drug-likeness (QED) is 0.301. The summed E-state index contributed by atoms with van der Waals surface area (Å²) in [7, 11) is 0. The van der Waals surface area contributed by atoms with E-state index in [1.54, 1.807) is 0 Å². The fourth-order valence-corrected chi connectivity index (χ4v) is 1.72. The highest BCUT2D eigenvalue weighted by Crippen LogP contribution is 2.38. The van der Waals surface area contributed by atoms with Crippen LogP contribution in [-0.2, 0) is 4.79 Å². The summed E-state index contributed by atoms with van der Waals surface area (Å²) in [5.74, 6) is 2.20. The summed E-state index contributed by atoms with van der Waals surface area (Å²) in [6.07, 6.45) is 9.19. The molecule has 1 saturated carbocycles. The smallest absolute Gasteiger partial charge is 0.208 e. The number of hydrogen-bond acceptors (Lipinski definition) is 1. The summed E-state index contributed by atoms with van der Waals surface area (Å²) in [5, 5.41) is 0. The van der Waals surface area contributed by atoms with Crippen molar-refractivity contribution in [1.82, 2.24) is 0 Å². The molecule has 0 heterocycles. The number of allylic oxidation sites excluding steroid dienone is 2. The van der Waals surface area contributed by atoms with Crippen LogP contribution in [0.2, 0.25) is 0 Å². The van der Waals surface area contributed by atoms with Crippen LogP contribution in [0.5, 0.6) is 0 Å². The van der Waals surface area contributed by atoms with Crippen LogP contribution < -0.4 is 0 Å². The Labute approximate surface area is 66.1 Å². The van der Waals surface area contributed by atoms with E-state index in [9.17, 15) is 0 Å². The van der Waals surface area contributed by atoms with Gasteiger partial charge in [0.15, 0.2) is 0 Å². The lowest BCUT2D eigenvalue weighted by Crippen LogP contribution is -1.82. The molecule has 0 saturated heterocycles. The molecule has 2 heteroatoms. The zero-order valence-corrected chi connectivity index (χ0v) is 6.55. The third-order valence-electron chi connectivity index (χ3n) is 2.17. The molecule has 10 heavy (non-hydrogen) atoms. The Morgan fingerprint density at radius 1 is 1.30 bits per heavy atom. The predicted octanol–water partition coefficient (Wildman–Crippen LogP) is 2.39. The van der Waals surface area contributed by atoms with Crippen LogP contribution in [-0.4, -0.2) is 5.75 Å². The molecule has 0 radical (unpaired) electrons. The molecule has 0 aromatic rings. The first kappa shape index (κ1) is 7.80. The fourth-order valence-electron chi connectivity index (χ4n) is 1.72. The molecule has 2 aliphatic rings. The molecule has 1 nitrogen and oxygen atoms in total. The van der Waals surface area contributed by atoms with Crippen molar-refractivity contribution in [2.75, 3.05) is 0 Å². The van der Waals surface area contributed by atoms with Gasteiger partial charge in [-0.15, -0.1) is 0 Å². The van der Waals surface area contributed by atoms with Gasteiger partial charge >= 0.3 is 0 Å². The van der Waals surface area contributed by atoms with E-state index >= 15 is 0 Å². The summed E-state index contributed by atoms with van der Waals surface area (Å²) < 4.78 is 0. The summed E-state index contributed by atoms with van der Waals surface area (Å²) in [5.41, 5.74) is 0. The summed E-state index contributed by atoms with van der Waals surface area (Å²) in [6, 6.07) is 0. The minimum absolute atomic E-state index is 0.222. The van der Waals surface area contributed by atoms with Crippen LogP contribution in [0.1, 0.15) is 19.3 Å². The molecular formula is C8H11ClO. The molecule has 0 amide bonds. The van der Waals surface area contributed by atoms with Gasteiger partial charge in [-0.1, -0.05) is 12.2 Å². The van der Waals surface area contributed by atoms with E-state index in [-0.39, 0.29) is 5.75 Å². The number of fused-ring (bicyclic) bond motifs is 2. The second kappa shape index (κ2) is 3.77. The zero-order valence-electron chi connectivity index (χ0n) is 5.79. The van der Waals surface area contributed by atoms with E-state index < -0.39 is 0 Å². The molecule has 56 valence electrons. The van der Waals surface area contributed by atoms with E-state index in [1.807, 2.05) is 0 Å². The number of hydrogen-bond donors (Lipinski definition) is 0. The van der Waals surface area contributed by atoms with E-state index in [1.165, 1.54) is 19.3 Å². The van der Waals surface area contributed by atoms with Crippen molar-refractivity contribution in [3.8, 4) is 0 Å². The minimum Gasteiger partial charge on any atom is -0.285 e. The maximum absolute atomic E-state index is 8.57. The van der Waals surface area contributed by atoms with Gasteiger partial charge in [0.1, 0.15) is 0 Å². The number of carbonyl (C=O) groups excluding carboxylic acids is 1. The lowest BCUT2D eigenvalue weighted by Gasteiger charge is -1.96. The largest absolute Gasteiger partial charge is 0.285 e. The Morgan fingerprint density at radius 3 is 1.80 bits per heavy atom. The van der Waals surface area contributed by atoms with Crippen molar-refractivity contribution < 1.29 is 4.79 Å². The lowest BCUT2D eigenvalue weighted by molar-refractivity contribution is 0.569. The second-order valence-electron chi connectivity index (χ2n) is 2.81. The third-order valence-corrected chi connectivity index (χ3v) is 2.17. The first-order valence-corrected chi connectivity index (χ1v) is 4.02. The van der Waals surface area contributed by atoms with E-state index in [0.717, 1.165) is 11.8 Å². The van der Waals surface area contributed by atoms with Gasteiger partial charge in [0.2, 0.25) is 5.75 Å². The van der Waals surface area contributed by atoms with Gasteiger partial charge in [-0.25, -0.2) is 0 Å². The second-order valence-corrected chi connectivity index (χ2v) is 2.99.